The molecule has 0 bridgehead atoms. The van der Waals surface area contributed by atoms with Crippen molar-refractivity contribution in [3.8, 4) is 0 Å². The van der Waals surface area contributed by atoms with Crippen LogP contribution in [-0.4, -0.2) is 122 Å². The number of unbranched alkanes of at least 4 members (excludes halogenated alkanes) is 13. The topological polar surface area (TPSA) is 224 Å². The molecule has 2 rings (SSSR count). The van der Waals surface area contributed by atoms with Gasteiger partial charge in [0.1, 0.15) is 48.8 Å². The second-order valence-corrected chi connectivity index (χ2v) is 12.1. The Balaban J connectivity index is 1.67. The van der Waals surface area contributed by atoms with Gasteiger partial charge in [-0.15, -0.1) is 0 Å². The highest BCUT2D eigenvalue weighted by atomic mass is 16.7. The monoisotopic (exact) mass is 622 g/mol. The number of rotatable bonds is 21. The maximum Gasteiger partial charge on any atom is 0.238 e. The molecule has 2 aliphatic heterocycles. The fraction of sp³-hybridized carbons (Fsp3) is 0.967. The second-order valence-electron chi connectivity index (χ2n) is 12.1. The van der Waals surface area contributed by atoms with E-state index >= 15 is 0 Å². The van der Waals surface area contributed by atoms with Crippen LogP contribution < -0.4 is 11.1 Å². The summed E-state index contributed by atoms with van der Waals surface area (Å²) in [5.74, 6) is -0.573. The first-order valence-electron chi connectivity index (χ1n) is 16.3. The van der Waals surface area contributed by atoms with Crippen LogP contribution in [0.15, 0.2) is 0 Å². The number of carbonyl (C=O) groups excluding carboxylic acids is 1. The minimum atomic E-state index is -1.76. The van der Waals surface area contributed by atoms with E-state index in [1.807, 2.05) is 0 Å². The fourth-order valence-electron chi connectivity index (χ4n) is 5.65. The summed E-state index contributed by atoms with van der Waals surface area (Å²) >= 11 is 0. The van der Waals surface area contributed by atoms with Crippen LogP contribution in [0.25, 0.3) is 0 Å². The Morgan fingerprint density at radius 1 is 0.698 bits per heavy atom. The van der Waals surface area contributed by atoms with Gasteiger partial charge in [-0.1, -0.05) is 96.8 Å². The number of carbonyl (C=O) groups is 1. The van der Waals surface area contributed by atoms with Crippen molar-refractivity contribution < 1.29 is 54.8 Å². The highest BCUT2D eigenvalue weighted by Gasteiger charge is 2.50. The second kappa shape index (κ2) is 20.9. The zero-order chi connectivity index (χ0) is 31.8. The van der Waals surface area contributed by atoms with Crippen molar-refractivity contribution in [3.05, 3.63) is 0 Å². The number of aliphatic hydroxyl groups is 7. The molecule has 0 aromatic heterocycles. The van der Waals surface area contributed by atoms with E-state index in [1.54, 1.807) is 0 Å². The molecule has 0 aliphatic carbocycles. The number of hydrogen-bond donors (Lipinski definition) is 9. The van der Waals surface area contributed by atoms with E-state index in [9.17, 15) is 40.5 Å². The van der Waals surface area contributed by atoms with Gasteiger partial charge in [-0.2, -0.15) is 0 Å². The molecule has 0 aromatic carbocycles. The van der Waals surface area contributed by atoms with E-state index < -0.39 is 86.5 Å². The third-order valence-electron chi connectivity index (χ3n) is 8.49. The van der Waals surface area contributed by atoms with Gasteiger partial charge in [-0.05, 0) is 6.42 Å². The molecule has 254 valence electrons. The van der Waals surface area contributed by atoms with Crippen molar-refractivity contribution in [2.45, 2.75) is 171 Å². The van der Waals surface area contributed by atoms with Crippen molar-refractivity contribution in [1.82, 2.24) is 5.32 Å². The molecule has 1 amide bonds. The molecule has 13 nitrogen and oxygen atoms in total. The summed E-state index contributed by atoms with van der Waals surface area (Å²) in [6.07, 6.45) is 2.09. The molecule has 2 aliphatic rings. The van der Waals surface area contributed by atoms with E-state index in [0.717, 1.165) is 25.7 Å². The van der Waals surface area contributed by atoms with Gasteiger partial charge < -0.3 is 61.0 Å². The number of nitrogens with two attached hydrogens (primary N) is 1. The van der Waals surface area contributed by atoms with Gasteiger partial charge in [0.05, 0.1) is 19.3 Å². The Morgan fingerprint density at radius 2 is 1.21 bits per heavy atom. The summed E-state index contributed by atoms with van der Waals surface area (Å²) < 4.78 is 16.4. The number of nitrogens with one attached hydrogen (secondary N) is 1. The molecule has 43 heavy (non-hydrogen) atoms. The van der Waals surface area contributed by atoms with Gasteiger partial charge in [0.2, 0.25) is 5.91 Å². The molecule has 13 heteroatoms. The number of ether oxygens (including phenoxy) is 3. The third-order valence-corrected chi connectivity index (χ3v) is 8.49. The van der Waals surface area contributed by atoms with Gasteiger partial charge >= 0.3 is 0 Å². The minimum Gasteiger partial charge on any atom is -0.394 e. The summed E-state index contributed by atoms with van der Waals surface area (Å²) in [6, 6.07) is -0.846. The average Bonchev–Trinajstić information content (AvgIpc) is 3.00. The fourth-order valence-corrected chi connectivity index (χ4v) is 5.65. The maximum absolute atomic E-state index is 12.7. The Kier molecular flexibility index (Phi) is 18.6. The van der Waals surface area contributed by atoms with Crippen LogP contribution in [0, 0.1) is 0 Å². The number of aliphatic hydroxyl groups excluding tert-OH is 7. The molecule has 1 unspecified atom stereocenters. The average molecular weight is 623 g/mol. The number of hydrogen-bond acceptors (Lipinski definition) is 12. The largest absolute Gasteiger partial charge is 0.394 e. The highest BCUT2D eigenvalue weighted by molar-refractivity contribution is 5.81. The molecule has 0 saturated carbocycles. The molecule has 2 fully saturated rings. The molecule has 2 heterocycles. The zero-order valence-corrected chi connectivity index (χ0v) is 25.7. The lowest BCUT2D eigenvalue weighted by Crippen LogP contribution is -2.67. The van der Waals surface area contributed by atoms with Crippen molar-refractivity contribution >= 4 is 5.91 Å². The van der Waals surface area contributed by atoms with E-state index in [1.165, 1.54) is 64.2 Å². The van der Waals surface area contributed by atoms with Crippen LogP contribution >= 0.6 is 0 Å². The van der Waals surface area contributed by atoms with Crippen LogP contribution in [0.3, 0.4) is 0 Å². The normalized spacial score (nSPS) is 33.8. The number of amides is 1. The Morgan fingerprint density at radius 3 is 1.72 bits per heavy atom. The molecule has 11 atom stereocenters. The molecule has 10 N–H and O–H groups in total. The first-order chi connectivity index (χ1) is 20.7. The van der Waals surface area contributed by atoms with Crippen LogP contribution in [0.2, 0.25) is 0 Å². The minimum absolute atomic E-state index is 0.446. The third kappa shape index (κ3) is 12.4. The molecule has 0 spiro atoms. The first-order valence-corrected chi connectivity index (χ1v) is 16.3. The van der Waals surface area contributed by atoms with Gasteiger partial charge in [0.15, 0.2) is 12.5 Å². The van der Waals surface area contributed by atoms with Crippen molar-refractivity contribution in [2.24, 2.45) is 5.73 Å². The van der Waals surface area contributed by atoms with Crippen LogP contribution in [0.1, 0.15) is 103 Å². The van der Waals surface area contributed by atoms with Gasteiger partial charge in [-0.25, -0.2) is 0 Å². The summed E-state index contributed by atoms with van der Waals surface area (Å²) in [5, 5.41) is 73.2. The van der Waals surface area contributed by atoms with E-state index in [0.29, 0.717) is 6.42 Å². The van der Waals surface area contributed by atoms with E-state index in [4.69, 9.17) is 19.9 Å². The molecule has 0 aromatic rings. The Bertz CT molecular complexity index is 747. The predicted octanol–water partition coefficient (Wildman–Crippen LogP) is -0.0746. The predicted molar refractivity (Wildman–Crippen MR) is 157 cm³/mol. The molecular formula is C30H58N2O11. The summed E-state index contributed by atoms with van der Waals surface area (Å²) in [7, 11) is 0. The van der Waals surface area contributed by atoms with Gasteiger partial charge in [-0.3, -0.25) is 4.79 Å². The quantitative estimate of drug-likeness (QED) is 0.0767. The van der Waals surface area contributed by atoms with Crippen molar-refractivity contribution in [1.29, 1.82) is 0 Å². The summed E-state index contributed by atoms with van der Waals surface area (Å²) in [4.78, 5) is 12.7. The van der Waals surface area contributed by atoms with Crippen molar-refractivity contribution in [2.75, 3.05) is 13.2 Å². The van der Waals surface area contributed by atoms with Crippen LogP contribution in [0.4, 0.5) is 0 Å². The smallest absolute Gasteiger partial charge is 0.238 e. The summed E-state index contributed by atoms with van der Waals surface area (Å²) in [6.45, 7) is 0.859. The lowest BCUT2D eigenvalue weighted by atomic mass is 9.96. The summed E-state index contributed by atoms with van der Waals surface area (Å²) in [5.41, 5.74) is 6.05. The zero-order valence-electron chi connectivity index (χ0n) is 25.7. The first kappa shape index (κ1) is 38.2. The van der Waals surface area contributed by atoms with Gasteiger partial charge in [0.25, 0.3) is 0 Å². The highest BCUT2D eigenvalue weighted by Crippen LogP contribution is 2.28. The van der Waals surface area contributed by atoms with Gasteiger partial charge in [0, 0.05) is 0 Å². The Labute approximate surface area is 255 Å². The van der Waals surface area contributed by atoms with Crippen molar-refractivity contribution in [3.63, 3.8) is 0 Å². The van der Waals surface area contributed by atoms with Crippen LogP contribution in [0.5, 0.6) is 0 Å². The Hall–Kier alpha value is -0.970. The lowest BCUT2D eigenvalue weighted by molar-refractivity contribution is -0.343. The van der Waals surface area contributed by atoms with Crippen LogP contribution in [-0.2, 0) is 19.0 Å². The lowest BCUT2D eigenvalue weighted by Gasteiger charge is -2.46. The SMILES string of the molecule is CCCCCCCCCCCCCCCCC(N)C(=O)N[C@@H]1O[C@H](CO)[C@@H](O[C@H]2O[C@H](CO)[C@@H](O)[C@H](O)[C@H]2O)[C@H](O)[C@H]1O. The van der Waals surface area contributed by atoms with E-state index in [2.05, 4.69) is 12.2 Å². The molecular weight excluding hydrogens is 564 g/mol. The molecule has 2 saturated heterocycles. The maximum atomic E-state index is 12.7. The van der Waals surface area contributed by atoms with E-state index in [-0.39, 0.29) is 0 Å². The standard InChI is InChI=1S/C30H58N2O11/c1-2-3-4-5-6-7-8-9-10-11-12-13-14-15-16-19(31)28(40)32-29-25(38)24(37)27(21(18-34)41-29)43-30-26(39)23(36)22(35)20(17-33)42-30/h19-27,29-30,33-39H,2-18,31H2,1H3,(H,32,40)/t19?,20-,21-,22-,23+,24-,25-,26-,27-,29-,30-/m1/s1. The molecule has 0 radical (unpaired) electrons.